The molecule has 0 aliphatic carbocycles. The Labute approximate surface area is 118 Å². The fourth-order valence-corrected chi connectivity index (χ4v) is 3.33. The molecular formula is C14H22N2O2S. The van der Waals surface area contributed by atoms with Gasteiger partial charge >= 0.3 is 5.97 Å². The summed E-state index contributed by atoms with van der Waals surface area (Å²) in [7, 11) is 0. The summed E-state index contributed by atoms with van der Waals surface area (Å²) in [5.41, 5.74) is 1.17. The zero-order chi connectivity index (χ0) is 14.0. The topological polar surface area (TPSA) is 43.8 Å². The van der Waals surface area contributed by atoms with Crippen LogP contribution in [0.2, 0.25) is 0 Å². The predicted molar refractivity (Wildman–Crippen MR) is 78.0 cm³/mol. The summed E-state index contributed by atoms with van der Waals surface area (Å²) in [6.07, 6.45) is 0. The van der Waals surface area contributed by atoms with Gasteiger partial charge in [-0.15, -0.1) is 11.3 Å². The normalized spacial score (nSPS) is 18.1. The molecular weight excluding hydrogens is 260 g/mol. The maximum atomic E-state index is 11.0. The molecule has 0 bridgehead atoms. The first-order chi connectivity index (χ1) is 8.97. The molecule has 106 valence electrons. The van der Waals surface area contributed by atoms with E-state index in [9.17, 15) is 4.79 Å². The fraction of sp³-hybridized carbons (Fsp3) is 0.643. The number of nitrogens with zero attached hydrogens (tertiary/aromatic N) is 2. The van der Waals surface area contributed by atoms with Crippen LogP contribution in [-0.4, -0.2) is 53.1 Å². The summed E-state index contributed by atoms with van der Waals surface area (Å²) in [4.78, 5) is 17.4. The van der Waals surface area contributed by atoms with Gasteiger partial charge in [-0.2, -0.15) is 0 Å². The Kier molecular flexibility index (Phi) is 4.60. The van der Waals surface area contributed by atoms with Crippen LogP contribution in [0.3, 0.4) is 0 Å². The van der Waals surface area contributed by atoms with Crippen LogP contribution in [0.4, 0.5) is 0 Å². The smallest absolute Gasteiger partial charge is 0.345 e. The Morgan fingerprint density at radius 3 is 2.47 bits per heavy atom. The van der Waals surface area contributed by atoms with E-state index in [0.29, 0.717) is 10.9 Å². The van der Waals surface area contributed by atoms with Crippen molar-refractivity contribution < 1.29 is 9.90 Å². The van der Waals surface area contributed by atoms with Crippen LogP contribution in [-0.2, 0) is 6.54 Å². The number of piperazine rings is 1. The van der Waals surface area contributed by atoms with Crippen molar-refractivity contribution >= 4 is 17.3 Å². The Bertz CT molecular complexity index is 448. The molecule has 1 aliphatic rings. The quantitative estimate of drug-likeness (QED) is 0.920. The molecule has 2 heterocycles. The molecule has 0 amide bonds. The molecule has 4 nitrogen and oxygen atoms in total. The molecule has 1 aromatic rings. The number of hydrogen-bond donors (Lipinski definition) is 1. The van der Waals surface area contributed by atoms with Crippen LogP contribution < -0.4 is 0 Å². The Balaban J connectivity index is 1.94. The van der Waals surface area contributed by atoms with E-state index < -0.39 is 5.97 Å². The van der Waals surface area contributed by atoms with E-state index in [4.69, 9.17) is 5.11 Å². The zero-order valence-corrected chi connectivity index (χ0v) is 12.7. The van der Waals surface area contributed by atoms with Crippen LogP contribution in [0.15, 0.2) is 6.07 Å². The lowest BCUT2D eigenvalue weighted by molar-refractivity contribution is 0.0702. The molecule has 5 heteroatoms. The molecule has 19 heavy (non-hydrogen) atoms. The lowest BCUT2D eigenvalue weighted by atomic mass is 10.2. The highest BCUT2D eigenvalue weighted by atomic mass is 32.1. The van der Waals surface area contributed by atoms with Gasteiger partial charge in [0.15, 0.2) is 0 Å². The van der Waals surface area contributed by atoms with Crippen molar-refractivity contribution in [2.24, 2.45) is 0 Å². The highest BCUT2D eigenvalue weighted by Crippen LogP contribution is 2.23. The summed E-state index contributed by atoms with van der Waals surface area (Å²) in [5.74, 6) is -0.816. The van der Waals surface area contributed by atoms with E-state index in [1.807, 2.05) is 13.0 Å². The first-order valence-corrected chi connectivity index (χ1v) is 7.58. The van der Waals surface area contributed by atoms with Crippen LogP contribution in [0.25, 0.3) is 0 Å². The number of thiophene rings is 1. The van der Waals surface area contributed by atoms with E-state index in [2.05, 4.69) is 23.6 Å². The molecule has 1 fully saturated rings. The van der Waals surface area contributed by atoms with Gasteiger partial charge in [0.1, 0.15) is 4.88 Å². The van der Waals surface area contributed by atoms with Crippen molar-refractivity contribution in [3.8, 4) is 0 Å². The first kappa shape index (κ1) is 14.5. The van der Waals surface area contributed by atoms with E-state index in [0.717, 1.165) is 37.6 Å². The number of carboxylic acid groups (broad SMARTS) is 1. The average Bonchev–Trinajstić information content (AvgIpc) is 2.72. The third kappa shape index (κ3) is 3.55. The minimum absolute atomic E-state index is 0.452. The maximum absolute atomic E-state index is 11.0. The van der Waals surface area contributed by atoms with Crippen LogP contribution >= 0.6 is 11.3 Å². The highest BCUT2D eigenvalue weighted by Gasteiger charge is 2.20. The second-order valence-electron chi connectivity index (χ2n) is 5.40. The van der Waals surface area contributed by atoms with Crippen LogP contribution in [0.1, 0.15) is 34.0 Å². The Hall–Kier alpha value is -0.910. The molecule has 0 saturated carbocycles. The number of carboxylic acids is 1. The van der Waals surface area contributed by atoms with E-state index in [1.54, 1.807) is 0 Å². The van der Waals surface area contributed by atoms with Gasteiger partial charge in [-0.05, 0) is 32.4 Å². The molecule has 1 aromatic heterocycles. The van der Waals surface area contributed by atoms with E-state index >= 15 is 0 Å². The monoisotopic (exact) mass is 282 g/mol. The van der Waals surface area contributed by atoms with Crippen LogP contribution in [0.5, 0.6) is 0 Å². The molecule has 0 atom stereocenters. The molecule has 0 unspecified atom stereocenters. The van der Waals surface area contributed by atoms with Gasteiger partial charge < -0.3 is 5.11 Å². The third-order valence-corrected chi connectivity index (χ3v) is 4.84. The number of aromatic carboxylic acids is 1. The molecule has 0 radical (unpaired) electrons. The van der Waals surface area contributed by atoms with Gasteiger partial charge in [-0.3, -0.25) is 9.80 Å². The molecule has 0 spiro atoms. The minimum atomic E-state index is -0.816. The second kappa shape index (κ2) is 6.03. The number of carbonyl (C=O) groups is 1. The first-order valence-electron chi connectivity index (χ1n) is 6.76. The predicted octanol–water partition coefficient (Wildman–Crippen LogP) is 2.28. The van der Waals surface area contributed by atoms with Crippen molar-refractivity contribution in [3.63, 3.8) is 0 Å². The number of aryl methyl sites for hydroxylation is 1. The summed E-state index contributed by atoms with van der Waals surface area (Å²) in [6.45, 7) is 11.7. The lowest BCUT2D eigenvalue weighted by Crippen LogP contribution is -2.48. The van der Waals surface area contributed by atoms with E-state index in [1.165, 1.54) is 16.9 Å². The molecule has 1 N–H and O–H groups in total. The number of rotatable bonds is 4. The van der Waals surface area contributed by atoms with Crippen molar-refractivity contribution in [1.82, 2.24) is 9.80 Å². The minimum Gasteiger partial charge on any atom is -0.477 e. The standard InChI is InChI=1S/C14H22N2O2S/c1-10(2)16-6-4-15(5-7-16)9-12-8-13(14(17)18)19-11(12)3/h8,10H,4-7,9H2,1-3H3,(H,17,18). The summed E-state index contributed by atoms with van der Waals surface area (Å²) in [5, 5.41) is 9.01. The van der Waals surface area contributed by atoms with Gasteiger partial charge in [0.2, 0.25) is 0 Å². The van der Waals surface area contributed by atoms with Crippen molar-refractivity contribution in [3.05, 3.63) is 21.4 Å². The summed E-state index contributed by atoms with van der Waals surface area (Å²) < 4.78 is 0. The maximum Gasteiger partial charge on any atom is 0.345 e. The second-order valence-corrected chi connectivity index (χ2v) is 6.66. The third-order valence-electron chi connectivity index (χ3n) is 3.76. The highest BCUT2D eigenvalue weighted by molar-refractivity contribution is 7.14. The summed E-state index contributed by atoms with van der Waals surface area (Å²) in [6, 6.07) is 2.44. The average molecular weight is 282 g/mol. The number of hydrogen-bond acceptors (Lipinski definition) is 4. The van der Waals surface area contributed by atoms with Crippen molar-refractivity contribution in [1.29, 1.82) is 0 Å². The van der Waals surface area contributed by atoms with Gasteiger partial charge in [-0.25, -0.2) is 4.79 Å². The van der Waals surface area contributed by atoms with Gasteiger partial charge in [0.05, 0.1) is 0 Å². The molecule has 1 aliphatic heterocycles. The molecule has 2 rings (SSSR count). The van der Waals surface area contributed by atoms with Gasteiger partial charge in [-0.1, -0.05) is 0 Å². The van der Waals surface area contributed by atoms with Gasteiger partial charge in [0.25, 0.3) is 0 Å². The van der Waals surface area contributed by atoms with Gasteiger partial charge in [0, 0.05) is 43.6 Å². The molecule has 1 saturated heterocycles. The fourth-order valence-electron chi connectivity index (χ4n) is 2.46. The van der Waals surface area contributed by atoms with Crippen molar-refractivity contribution in [2.75, 3.05) is 26.2 Å². The largest absolute Gasteiger partial charge is 0.477 e. The molecule has 0 aromatic carbocycles. The SMILES string of the molecule is Cc1sc(C(=O)O)cc1CN1CCN(C(C)C)CC1. The Morgan fingerprint density at radius 2 is 2.00 bits per heavy atom. The van der Waals surface area contributed by atoms with Crippen LogP contribution in [0, 0.1) is 6.92 Å². The zero-order valence-electron chi connectivity index (χ0n) is 11.8. The lowest BCUT2D eigenvalue weighted by Gasteiger charge is -2.36. The summed E-state index contributed by atoms with van der Waals surface area (Å²) >= 11 is 1.38. The van der Waals surface area contributed by atoms with Crippen molar-refractivity contribution in [2.45, 2.75) is 33.4 Å². The Morgan fingerprint density at radius 1 is 1.37 bits per heavy atom. The van der Waals surface area contributed by atoms with E-state index in [-0.39, 0.29) is 0 Å².